The molecule has 0 fully saturated rings. The Labute approximate surface area is 135 Å². The molecule has 0 aliphatic heterocycles. The van der Waals surface area contributed by atoms with Crippen LogP contribution in [0.3, 0.4) is 0 Å². The maximum atomic E-state index is 5.54. The Morgan fingerprint density at radius 2 is 2.09 bits per heavy atom. The summed E-state index contributed by atoms with van der Waals surface area (Å²) in [5.74, 6) is 2.33. The zero-order chi connectivity index (χ0) is 16.2. The number of benzene rings is 1. The number of rotatable bonds is 6. The highest BCUT2D eigenvalue weighted by Gasteiger charge is 2.23. The largest absolute Gasteiger partial charge is 0.496 e. The zero-order valence-corrected chi connectivity index (χ0v) is 13.5. The molecule has 23 heavy (non-hydrogen) atoms. The summed E-state index contributed by atoms with van der Waals surface area (Å²) in [7, 11) is 1.63. The van der Waals surface area contributed by atoms with E-state index in [1.54, 1.807) is 19.6 Å². The normalized spacial score (nSPS) is 12.5. The van der Waals surface area contributed by atoms with E-state index < -0.39 is 0 Å². The van der Waals surface area contributed by atoms with Crippen LogP contribution in [-0.4, -0.2) is 26.8 Å². The fourth-order valence-corrected chi connectivity index (χ4v) is 2.56. The van der Waals surface area contributed by atoms with Crippen molar-refractivity contribution < 1.29 is 9.26 Å². The SMILES string of the molecule is COc1ccccc1-c1noc(C(CC(C)C)n2ccnc2)n1. The van der Waals surface area contributed by atoms with Crippen LogP contribution in [0.4, 0.5) is 0 Å². The molecule has 0 aliphatic carbocycles. The molecule has 3 rings (SSSR count). The van der Waals surface area contributed by atoms with E-state index in [4.69, 9.17) is 9.26 Å². The summed E-state index contributed by atoms with van der Waals surface area (Å²) in [5, 5.41) is 4.13. The van der Waals surface area contributed by atoms with Crippen LogP contribution < -0.4 is 4.74 Å². The second-order valence-electron chi connectivity index (χ2n) is 5.81. The Kier molecular flexibility index (Phi) is 4.41. The number of nitrogens with zero attached hydrogens (tertiary/aromatic N) is 4. The van der Waals surface area contributed by atoms with E-state index in [-0.39, 0.29) is 6.04 Å². The third kappa shape index (κ3) is 3.26. The molecule has 1 aromatic carbocycles. The highest BCUT2D eigenvalue weighted by molar-refractivity contribution is 5.63. The van der Waals surface area contributed by atoms with Crippen LogP contribution in [0.15, 0.2) is 47.5 Å². The van der Waals surface area contributed by atoms with Gasteiger partial charge >= 0.3 is 0 Å². The average Bonchev–Trinajstić information content (AvgIpc) is 3.24. The van der Waals surface area contributed by atoms with Crippen LogP contribution in [0.1, 0.15) is 32.2 Å². The Balaban J connectivity index is 1.96. The first kappa shape index (κ1) is 15.3. The second kappa shape index (κ2) is 6.64. The van der Waals surface area contributed by atoms with Crippen molar-refractivity contribution in [1.29, 1.82) is 0 Å². The van der Waals surface area contributed by atoms with Crippen LogP contribution in [-0.2, 0) is 0 Å². The van der Waals surface area contributed by atoms with Gasteiger partial charge in [-0.15, -0.1) is 0 Å². The summed E-state index contributed by atoms with van der Waals surface area (Å²) in [5.41, 5.74) is 0.818. The van der Waals surface area contributed by atoms with E-state index in [1.165, 1.54) is 0 Å². The number of hydrogen-bond donors (Lipinski definition) is 0. The van der Waals surface area contributed by atoms with E-state index in [9.17, 15) is 0 Å². The molecule has 0 N–H and O–H groups in total. The van der Waals surface area contributed by atoms with Gasteiger partial charge in [-0.05, 0) is 24.5 Å². The molecule has 0 radical (unpaired) electrons. The molecule has 3 aromatic rings. The molecular weight excluding hydrogens is 292 g/mol. The first-order valence-corrected chi connectivity index (χ1v) is 7.63. The van der Waals surface area contributed by atoms with Crippen molar-refractivity contribution in [3.8, 4) is 17.1 Å². The van der Waals surface area contributed by atoms with Crippen molar-refractivity contribution in [2.45, 2.75) is 26.3 Å². The Bertz CT molecular complexity index is 750. The second-order valence-corrected chi connectivity index (χ2v) is 5.81. The van der Waals surface area contributed by atoms with Crippen molar-refractivity contribution in [3.63, 3.8) is 0 Å². The maximum Gasteiger partial charge on any atom is 0.250 e. The van der Waals surface area contributed by atoms with Gasteiger partial charge in [0, 0.05) is 12.4 Å². The van der Waals surface area contributed by atoms with Gasteiger partial charge in [-0.25, -0.2) is 4.98 Å². The van der Waals surface area contributed by atoms with Crippen LogP contribution in [0, 0.1) is 5.92 Å². The summed E-state index contributed by atoms with van der Waals surface area (Å²) in [6.45, 7) is 4.34. The molecular formula is C17H20N4O2. The smallest absolute Gasteiger partial charge is 0.250 e. The van der Waals surface area contributed by atoms with Crippen molar-refractivity contribution >= 4 is 0 Å². The summed E-state index contributed by atoms with van der Waals surface area (Å²) < 4.78 is 12.9. The number of para-hydroxylation sites is 1. The van der Waals surface area contributed by atoms with Gasteiger partial charge in [0.1, 0.15) is 11.8 Å². The lowest BCUT2D eigenvalue weighted by Crippen LogP contribution is -2.12. The molecule has 6 heteroatoms. The first-order valence-electron chi connectivity index (χ1n) is 7.63. The molecule has 0 spiro atoms. The number of methoxy groups -OCH3 is 1. The molecule has 0 saturated carbocycles. The number of imidazole rings is 1. The fourth-order valence-electron chi connectivity index (χ4n) is 2.56. The van der Waals surface area contributed by atoms with E-state index in [2.05, 4.69) is 29.0 Å². The van der Waals surface area contributed by atoms with E-state index >= 15 is 0 Å². The molecule has 2 aromatic heterocycles. The van der Waals surface area contributed by atoms with Gasteiger partial charge in [0.25, 0.3) is 0 Å². The molecule has 0 aliphatic rings. The molecule has 6 nitrogen and oxygen atoms in total. The summed E-state index contributed by atoms with van der Waals surface area (Å²) in [4.78, 5) is 8.71. The molecule has 1 unspecified atom stereocenters. The van der Waals surface area contributed by atoms with E-state index in [1.807, 2.05) is 35.0 Å². The van der Waals surface area contributed by atoms with Crippen LogP contribution >= 0.6 is 0 Å². The van der Waals surface area contributed by atoms with Crippen LogP contribution in [0.2, 0.25) is 0 Å². The minimum absolute atomic E-state index is 0.0199. The van der Waals surface area contributed by atoms with Crippen molar-refractivity contribution in [2.75, 3.05) is 7.11 Å². The third-order valence-electron chi connectivity index (χ3n) is 3.65. The fraction of sp³-hybridized carbons (Fsp3) is 0.353. The predicted molar refractivity (Wildman–Crippen MR) is 86.1 cm³/mol. The topological polar surface area (TPSA) is 66.0 Å². The van der Waals surface area contributed by atoms with Gasteiger partial charge in [-0.2, -0.15) is 4.98 Å². The van der Waals surface area contributed by atoms with Gasteiger partial charge < -0.3 is 13.8 Å². The van der Waals surface area contributed by atoms with E-state index in [0.29, 0.717) is 17.6 Å². The predicted octanol–water partition coefficient (Wildman–Crippen LogP) is 3.58. The Morgan fingerprint density at radius 3 is 2.78 bits per heavy atom. The number of hydrogen-bond acceptors (Lipinski definition) is 5. The molecule has 0 saturated heterocycles. The molecule has 120 valence electrons. The molecule has 2 heterocycles. The highest BCUT2D eigenvalue weighted by Crippen LogP contribution is 2.30. The molecule has 0 bridgehead atoms. The number of ether oxygens (including phenoxy) is 1. The van der Waals surface area contributed by atoms with E-state index in [0.717, 1.165) is 17.7 Å². The quantitative estimate of drug-likeness (QED) is 0.696. The third-order valence-corrected chi connectivity index (χ3v) is 3.65. The minimum Gasteiger partial charge on any atom is -0.496 e. The Morgan fingerprint density at radius 1 is 1.26 bits per heavy atom. The van der Waals surface area contributed by atoms with Crippen LogP contribution in [0.5, 0.6) is 5.75 Å². The van der Waals surface area contributed by atoms with Gasteiger partial charge in [0.2, 0.25) is 11.7 Å². The van der Waals surface area contributed by atoms with Crippen molar-refractivity contribution in [3.05, 3.63) is 48.9 Å². The lowest BCUT2D eigenvalue weighted by molar-refractivity contribution is 0.311. The van der Waals surface area contributed by atoms with Crippen molar-refractivity contribution in [1.82, 2.24) is 19.7 Å². The summed E-state index contributed by atoms with van der Waals surface area (Å²) >= 11 is 0. The first-order chi connectivity index (χ1) is 11.2. The summed E-state index contributed by atoms with van der Waals surface area (Å²) in [6, 6.07) is 7.62. The van der Waals surface area contributed by atoms with Crippen LogP contribution in [0.25, 0.3) is 11.4 Å². The monoisotopic (exact) mass is 312 g/mol. The highest BCUT2D eigenvalue weighted by atomic mass is 16.5. The summed E-state index contributed by atoms with van der Waals surface area (Å²) in [6.07, 6.45) is 6.34. The maximum absolute atomic E-state index is 5.54. The molecule has 0 amide bonds. The van der Waals surface area contributed by atoms with Gasteiger partial charge in [-0.3, -0.25) is 0 Å². The van der Waals surface area contributed by atoms with Gasteiger partial charge in [0.05, 0.1) is 19.0 Å². The molecule has 1 atom stereocenters. The van der Waals surface area contributed by atoms with Gasteiger partial charge in [-0.1, -0.05) is 31.1 Å². The Hall–Kier alpha value is -2.63. The zero-order valence-electron chi connectivity index (χ0n) is 13.5. The average molecular weight is 312 g/mol. The van der Waals surface area contributed by atoms with Crippen molar-refractivity contribution in [2.24, 2.45) is 5.92 Å². The minimum atomic E-state index is -0.0199. The number of aromatic nitrogens is 4. The lowest BCUT2D eigenvalue weighted by atomic mass is 10.0. The standard InChI is InChI=1S/C17H20N4O2/c1-12(2)10-14(21-9-8-18-11-21)17-19-16(20-23-17)13-6-4-5-7-15(13)22-3/h4-9,11-12,14H,10H2,1-3H3. The lowest BCUT2D eigenvalue weighted by Gasteiger charge is -2.16. The van der Waals surface area contributed by atoms with Gasteiger partial charge in [0.15, 0.2) is 0 Å².